The van der Waals surface area contributed by atoms with Crippen molar-refractivity contribution in [1.29, 1.82) is 5.26 Å². The highest BCUT2D eigenvalue weighted by atomic mass is 15.1. The number of fused-ring (bicyclic) bond motifs is 6. The monoisotopic (exact) mass is 690 g/mol. The van der Waals surface area contributed by atoms with Gasteiger partial charge in [0.1, 0.15) is 5.82 Å². The molecular weight excluding hydrogens is 657 g/mol. The molecule has 0 N–H and O–H groups in total. The second-order valence-electron chi connectivity index (χ2n) is 14.1. The molecule has 7 aromatic carbocycles. The van der Waals surface area contributed by atoms with E-state index in [4.69, 9.17) is 4.98 Å². The third kappa shape index (κ3) is 5.02. The van der Waals surface area contributed by atoms with E-state index in [1.807, 2.05) is 24.4 Å². The van der Waals surface area contributed by atoms with Gasteiger partial charge in [0, 0.05) is 32.7 Å². The summed E-state index contributed by atoms with van der Waals surface area (Å²) in [5.74, 6) is 0.787. The number of aromatic nitrogens is 3. The van der Waals surface area contributed by atoms with Gasteiger partial charge in [0.05, 0.1) is 45.6 Å². The van der Waals surface area contributed by atoms with Crippen LogP contribution in [0.25, 0.3) is 88.5 Å². The Kier molecular flexibility index (Phi) is 7.28. The van der Waals surface area contributed by atoms with Crippen molar-refractivity contribution in [2.24, 2.45) is 0 Å². The Morgan fingerprint density at radius 2 is 0.963 bits per heavy atom. The Morgan fingerprint density at radius 3 is 1.57 bits per heavy atom. The number of benzene rings is 7. The lowest BCUT2D eigenvalue weighted by Crippen LogP contribution is -2.04. The fraction of sp³-hybridized carbons (Fsp3) is 0.0400. The Hall–Kier alpha value is -7.22. The molecule has 0 spiro atoms. The van der Waals surface area contributed by atoms with Crippen LogP contribution in [-0.4, -0.2) is 14.1 Å². The maximum atomic E-state index is 10.4. The molecule has 0 bridgehead atoms. The summed E-state index contributed by atoms with van der Waals surface area (Å²) < 4.78 is 4.60. The van der Waals surface area contributed by atoms with E-state index in [1.165, 1.54) is 27.6 Å². The van der Waals surface area contributed by atoms with Crippen LogP contribution in [0.5, 0.6) is 0 Å². The highest BCUT2D eigenvalue weighted by Crippen LogP contribution is 2.41. The first-order chi connectivity index (χ1) is 26.6. The minimum atomic E-state index is 0.612. The van der Waals surface area contributed by atoms with Crippen LogP contribution in [0.2, 0.25) is 0 Å². The summed E-state index contributed by atoms with van der Waals surface area (Å²) in [7, 11) is 0. The summed E-state index contributed by atoms with van der Waals surface area (Å²) in [5.41, 5.74) is 14.7. The van der Waals surface area contributed by atoms with Crippen molar-refractivity contribution in [3.05, 3.63) is 187 Å². The molecule has 54 heavy (non-hydrogen) atoms. The molecule has 3 aromatic heterocycles. The van der Waals surface area contributed by atoms with Crippen molar-refractivity contribution in [1.82, 2.24) is 14.1 Å². The first-order valence-corrected chi connectivity index (χ1v) is 18.3. The number of rotatable bonds is 5. The van der Waals surface area contributed by atoms with Gasteiger partial charge in [-0.1, -0.05) is 139 Å². The highest BCUT2D eigenvalue weighted by Gasteiger charge is 2.21. The molecule has 0 aliphatic rings. The molecule has 4 heteroatoms. The van der Waals surface area contributed by atoms with E-state index in [0.29, 0.717) is 5.56 Å². The molecule has 0 radical (unpaired) electrons. The van der Waals surface area contributed by atoms with Gasteiger partial charge in [0.2, 0.25) is 0 Å². The van der Waals surface area contributed by atoms with Gasteiger partial charge < -0.3 is 4.57 Å². The Bertz CT molecular complexity index is 3150. The lowest BCUT2D eigenvalue weighted by Gasteiger charge is -2.17. The molecule has 10 rings (SSSR count). The van der Waals surface area contributed by atoms with Gasteiger partial charge in [-0.15, -0.1) is 0 Å². The van der Waals surface area contributed by atoms with Crippen LogP contribution in [0.4, 0.5) is 0 Å². The van der Waals surface area contributed by atoms with Crippen LogP contribution in [-0.2, 0) is 0 Å². The molecule has 4 nitrogen and oxygen atoms in total. The number of pyridine rings is 1. The number of nitrogens with zero attached hydrogens (tertiary/aromatic N) is 4. The smallest absolute Gasteiger partial charge is 0.138 e. The zero-order valence-electron chi connectivity index (χ0n) is 30.0. The van der Waals surface area contributed by atoms with E-state index < -0.39 is 0 Å². The molecular formula is C50H34N4. The third-order valence-corrected chi connectivity index (χ3v) is 10.7. The summed E-state index contributed by atoms with van der Waals surface area (Å²) in [4.78, 5) is 5.30. The molecule has 0 saturated heterocycles. The lowest BCUT2D eigenvalue weighted by atomic mass is 9.99. The standard InChI is InChI=1S/C50H34N4/c1-32-11-9-14-34(25-32)36-21-23-42-40-17-5-7-19-45(40)53(47(42)27-36)49-31-52-50(29-44(49)39-16-4-3-13-38(39)30-51)54-46-20-8-6-18-41(46)43-24-22-37(28-48(43)54)35-15-10-12-33(2)26-35/h3-29,31H,1-2H3. The van der Waals surface area contributed by atoms with Gasteiger partial charge in [0.25, 0.3) is 0 Å². The zero-order chi connectivity index (χ0) is 36.3. The van der Waals surface area contributed by atoms with Crippen LogP contribution in [0, 0.1) is 25.2 Å². The van der Waals surface area contributed by atoms with Crippen molar-refractivity contribution in [2.75, 3.05) is 0 Å². The van der Waals surface area contributed by atoms with Crippen molar-refractivity contribution in [3.8, 4) is 51.0 Å². The molecule has 0 atom stereocenters. The van der Waals surface area contributed by atoms with E-state index in [1.54, 1.807) is 0 Å². The van der Waals surface area contributed by atoms with E-state index >= 15 is 0 Å². The summed E-state index contributed by atoms with van der Waals surface area (Å²) in [6, 6.07) is 60.4. The van der Waals surface area contributed by atoms with Crippen LogP contribution in [0.3, 0.4) is 0 Å². The predicted molar refractivity (Wildman–Crippen MR) is 223 cm³/mol. The van der Waals surface area contributed by atoms with Crippen LogP contribution >= 0.6 is 0 Å². The molecule has 0 aliphatic heterocycles. The molecule has 3 heterocycles. The lowest BCUT2D eigenvalue weighted by molar-refractivity contribution is 1.06. The van der Waals surface area contributed by atoms with Crippen molar-refractivity contribution in [2.45, 2.75) is 13.8 Å². The van der Waals surface area contributed by atoms with Gasteiger partial charge >= 0.3 is 0 Å². The minimum Gasteiger partial charge on any atom is -0.307 e. The normalized spacial score (nSPS) is 11.5. The van der Waals surface area contributed by atoms with Crippen LogP contribution < -0.4 is 0 Å². The van der Waals surface area contributed by atoms with Crippen molar-refractivity contribution < 1.29 is 0 Å². The zero-order valence-corrected chi connectivity index (χ0v) is 30.0. The van der Waals surface area contributed by atoms with E-state index in [9.17, 15) is 5.26 Å². The van der Waals surface area contributed by atoms with Gasteiger partial charge in [-0.3, -0.25) is 4.57 Å². The average molecular weight is 691 g/mol. The number of nitriles is 1. The number of aryl methyl sites for hydroxylation is 2. The summed E-state index contributed by atoms with van der Waals surface area (Å²) in [5, 5.41) is 15.1. The topological polar surface area (TPSA) is 46.5 Å². The van der Waals surface area contributed by atoms with Crippen LogP contribution in [0.1, 0.15) is 16.7 Å². The van der Waals surface area contributed by atoms with Crippen molar-refractivity contribution in [3.63, 3.8) is 0 Å². The van der Waals surface area contributed by atoms with Gasteiger partial charge in [-0.05, 0) is 72.5 Å². The summed E-state index contributed by atoms with van der Waals surface area (Å²) >= 11 is 0. The Morgan fingerprint density at radius 1 is 0.444 bits per heavy atom. The Balaban J connectivity index is 1.28. The highest BCUT2D eigenvalue weighted by molar-refractivity contribution is 6.12. The first-order valence-electron chi connectivity index (χ1n) is 18.3. The fourth-order valence-electron chi connectivity index (χ4n) is 8.22. The molecule has 0 fully saturated rings. The van der Waals surface area contributed by atoms with Gasteiger partial charge in [-0.25, -0.2) is 4.98 Å². The van der Waals surface area contributed by atoms with E-state index in [-0.39, 0.29) is 0 Å². The maximum Gasteiger partial charge on any atom is 0.138 e. The Labute approximate surface area is 313 Å². The second-order valence-corrected chi connectivity index (χ2v) is 14.1. The molecule has 0 aliphatic carbocycles. The van der Waals surface area contributed by atoms with Gasteiger partial charge in [0.15, 0.2) is 0 Å². The van der Waals surface area contributed by atoms with Gasteiger partial charge in [-0.2, -0.15) is 5.26 Å². The minimum absolute atomic E-state index is 0.612. The van der Waals surface area contributed by atoms with Crippen molar-refractivity contribution >= 4 is 43.6 Å². The molecule has 0 saturated carbocycles. The van der Waals surface area contributed by atoms with E-state index in [0.717, 1.165) is 72.0 Å². The number of hydrogen-bond donors (Lipinski definition) is 0. The quantitative estimate of drug-likeness (QED) is 0.180. The number of hydrogen-bond acceptors (Lipinski definition) is 2. The third-order valence-electron chi connectivity index (χ3n) is 10.7. The molecule has 0 amide bonds. The molecule has 254 valence electrons. The molecule has 10 aromatic rings. The largest absolute Gasteiger partial charge is 0.307 e. The maximum absolute atomic E-state index is 10.4. The molecule has 0 unspecified atom stereocenters. The summed E-state index contributed by atoms with van der Waals surface area (Å²) in [6.07, 6.45) is 2.00. The number of para-hydroxylation sites is 2. The first kappa shape index (κ1) is 31.5. The second kappa shape index (κ2) is 12.5. The van der Waals surface area contributed by atoms with E-state index in [2.05, 4.69) is 175 Å². The summed E-state index contributed by atoms with van der Waals surface area (Å²) in [6.45, 7) is 4.26. The van der Waals surface area contributed by atoms with Crippen LogP contribution in [0.15, 0.2) is 170 Å². The SMILES string of the molecule is Cc1cccc(-c2ccc3c4ccccc4n(-c4cc(-c5ccccc5C#N)c(-n5c6ccccc6c6ccc(-c7cccc(C)c7)cc65)cn4)c3c2)c1. The fourth-order valence-corrected chi connectivity index (χ4v) is 8.22. The predicted octanol–water partition coefficient (Wildman–Crippen LogP) is 12.8. The average Bonchev–Trinajstić information content (AvgIpc) is 3.72.